The van der Waals surface area contributed by atoms with Gasteiger partial charge in [-0.3, -0.25) is 19.8 Å². The summed E-state index contributed by atoms with van der Waals surface area (Å²) in [6.45, 7) is 2.71. The number of anilines is 1. The number of amides is 1. The van der Waals surface area contributed by atoms with Gasteiger partial charge in [0.1, 0.15) is 18.2 Å². The number of allylic oxidation sites excluding steroid dienone is 1. The van der Waals surface area contributed by atoms with Crippen molar-refractivity contribution >= 4 is 46.2 Å². The fourth-order valence-corrected chi connectivity index (χ4v) is 4.39. The molecule has 1 N–H and O–H groups in total. The van der Waals surface area contributed by atoms with Gasteiger partial charge in [0.2, 0.25) is 0 Å². The lowest BCUT2D eigenvalue weighted by Crippen LogP contribution is -2.49. The van der Waals surface area contributed by atoms with Crippen LogP contribution in [0.5, 0.6) is 11.5 Å². The van der Waals surface area contributed by atoms with Gasteiger partial charge < -0.3 is 19.7 Å². The molecule has 2 heterocycles. The molecule has 172 valence electrons. The molecule has 2 aliphatic heterocycles. The average Bonchev–Trinajstić information content (AvgIpc) is 2.78. The summed E-state index contributed by atoms with van der Waals surface area (Å²) in [5.74, 6) is 0.969. The Kier molecular flexibility index (Phi) is 6.13. The van der Waals surface area contributed by atoms with E-state index in [-0.39, 0.29) is 16.6 Å². The van der Waals surface area contributed by atoms with Crippen molar-refractivity contribution in [1.82, 2.24) is 10.2 Å². The Hall–Kier alpha value is -3.37. The first kappa shape index (κ1) is 22.8. The number of carbonyl (C=O) groups is 1. The third kappa shape index (κ3) is 4.19. The van der Waals surface area contributed by atoms with Gasteiger partial charge in [0.05, 0.1) is 22.2 Å². The second-order valence-electron chi connectivity index (χ2n) is 7.71. The van der Waals surface area contributed by atoms with Crippen LogP contribution >= 0.6 is 23.8 Å². The van der Waals surface area contributed by atoms with Crippen molar-refractivity contribution in [3.8, 4) is 11.5 Å². The summed E-state index contributed by atoms with van der Waals surface area (Å²) in [4.78, 5) is 27.3. The van der Waals surface area contributed by atoms with Crippen molar-refractivity contribution in [3.05, 3.63) is 68.4 Å². The first-order chi connectivity index (χ1) is 15.7. The van der Waals surface area contributed by atoms with Gasteiger partial charge in [-0.05, 0) is 42.9 Å². The molecule has 0 saturated heterocycles. The number of benzene rings is 2. The largest absolute Gasteiger partial charge is 0.486 e. The maximum absolute atomic E-state index is 13.2. The number of carbonyl (C=O) groups excluding carboxylic acids is 1. The third-order valence-corrected chi connectivity index (χ3v) is 6.03. The van der Waals surface area contributed by atoms with Gasteiger partial charge >= 0.3 is 0 Å². The number of halogens is 1. The lowest BCUT2D eigenvalue weighted by atomic mass is 9.93. The number of hydrogen-bond donors (Lipinski definition) is 1. The monoisotopic (exact) mass is 488 g/mol. The summed E-state index contributed by atoms with van der Waals surface area (Å²) >= 11 is 11.6. The summed E-state index contributed by atoms with van der Waals surface area (Å²) in [7, 11) is 3.29. The minimum atomic E-state index is -0.697. The topological polar surface area (TPSA) is 97.2 Å². The molecule has 0 aromatic heterocycles. The van der Waals surface area contributed by atoms with Gasteiger partial charge in [-0.1, -0.05) is 17.7 Å². The second kappa shape index (κ2) is 8.87. The predicted octanol–water partition coefficient (Wildman–Crippen LogP) is 3.82. The molecular weight excluding hydrogens is 468 g/mol. The van der Waals surface area contributed by atoms with Crippen LogP contribution in [0.25, 0.3) is 0 Å². The number of nitro benzene ring substituents is 1. The van der Waals surface area contributed by atoms with Crippen molar-refractivity contribution < 1.29 is 19.2 Å². The van der Waals surface area contributed by atoms with Gasteiger partial charge in [-0.25, -0.2) is 0 Å². The van der Waals surface area contributed by atoms with Crippen molar-refractivity contribution in [2.24, 2.45) is 0 Å². The van der Waals surface area contributed by atoms with E-state index in [1.807, 2.05) is 6.07 Å². The van der Waals surface area contributed by atoms with Crippen LogP contribution in [0.3, 0.4) is 0 Å². The highest BCUT2D eigenvalue weighted by molar-refractivity contribution is 7.80. The Bertz CT molecular complexity index is 1200. The molecule has 0 saturated carbocycles. The van der Waals surface area contributed by atoms with Crippen LogP contribution in [0.1, 0.15) is 18.5 Å². The molecule has 0 radical (unpaired) electrons. The van der Waals surface area contributed by atoms with E-state index in [4.69, 9.17) is 33.3 Å². The van der Waals surface area contributed by atoms with E-state index < -0.39 is 11.0 Å². The molecule has 33 heavy (non-hydrogen) atoms. The summed E-state index contributed by atoms with van der Waals surface area (Å²) in [6, 6.07) is 9.18. The SMILES string of the molecule is CC1=C(C(=O)N(C)C)[C@H](c2ccc(Cl)c([N+](=O)[O-])c2)NC(=S)N1c1ccc2c(c1)OCCO2. The van der Waals surface area contributed by atoms with E-state index in [0.29, 0.717) is 52.3 Å². The van der Waals surface area contributed by atoms with Crippen LogP contribution in [-0.2, 0) is 4.79 Å². The number of fused-ring (bicyclic) bond motifs is 1. The molecule has 0 fully saturated rings. The number of thiocarbonyl (C=S) groups is 1. The zero-order chi connectivity index (χ0) is 23.9. The second-order valence-corrected chi connectivity index (χ2v) is 8.51. The van der Waals surface area contributed by atoms with E-state index in [2.05, 4.69) is 5.32 Å². The van der Waals surface area contributed by atoms with Crippen LogP contribution in [0, 0.1) is 10.1 Å². The van der Waals surface area contributed by atoms with Crippen LogP contribution < -0.4 is 19.7 Å². The smallest absolute Gasteiger partial charge is 0.288 e. The van der Waals surface area contributed by atoms with E-state index in [9.17, 15) is 14.9 Å². The Morgan fingerprint density at radius 1 is 1.21 bits per heavy atom. The van der Waals surface area contributed by atoms with Crippen molar-refractivity contribution in [2.45, 2.75) is 13.0 Å². The Morgan fingerprint density at radius 3 is 2.58 bits per heavy atom. The van der Waals surface area contributed by atoms with Gasteiger partial charge in [-0.2, -0.15) is 0 Å². The molecule has 2 aliphatic rings. The fraction of sp³-hybridized carbons (Fsp3) is 0.273. The zero-order valence-corrected chi connectivity index (χ0v) is 19.7. The summed E-state index contributed by atoms with van der Waals surface area (Å²) in [5, 5.41) is 14.9. The van der Waals surface area contributed by atoms with E-state index in [1.165, 1.54) is 17.0 Å². The van der Waals surface area contributed by atoms with Crippen molar-refractivity contribution in [3.63, 3.8) is 0 Å². The highest BCUT2D eigenvalue weighted by Crippen LogP contribution is 2.40. The van der Waals surface area contributed by atoms with Crippen LogP contribution in [0.2, 0.25) is 5.02 Å². The van der Waals surface area contributed by atoms with Crippen molar-refractivity contribution in [2.75, 3.05) is 32.2 Å². The Morgan fingerprint density at radius 2 is 1.91 bits per heavy atom. The third-order valence-electron chi connectivity index (χ3n) is 5.41. The van der Waals surface area contributed by atoms with E-state index in [1.54, 1.807) is 44.1 Å². The lowest BCUT2D eigenvalue weighted by Gasteiger charge is -2.38. The Labute approximate surface area is 200 Å². The van der Waals surface area contributed by atoms with Gasteiger partial charge in [-0.15, -0.1) is 0 Å². The number of nitro groups is 1. The van der Waals surface area contributed by atoms with Gasteiger partial charge in [0, 0.05) is 31.9 Å². The highest BCUT2D eigenvalue weighted by atomic mass is 35.5. The van der Waals surface area contributed by atoms with Gasteiger partial charge in [0.25, 0.3) is 11.6 Å². The molecule has 1 amide bonds. The molecule has 2 aromatic rings. The molecule has 9 nitrogen and oxygen atoms in total. The van der Waals surface area contributed by atoms with Crippen LogP contribution in [-0.4, -0.2) is 48.2 Å². The molecule has 4 rings (SSSR count). The number of rotatable bonds is 4. The molecule has 0 spiro atoms. The maximum atomic E-state index is 13.2. The van der Waals surface area contributed by atoms with Crippen molar-refractivity contribution in [1.29, 1.82) is 0 Å². The number of hydrogen-bond acceptors (Lipinski definition) is 6. The molecule has 11 heteroatoms. The van der Waals surface area contributed by atoms with E-state index in [0.717, 1.165) is 0 Å². The number of likely N-dealkylation sites (N-methyl/N-ethyl adjacent to an activating group) is 1. The summed E-state index contributed by atoms with van der Waals surface area (Å²) < 4.78 is 11.3. The minimum absolute atomic E-state index is 0.0150. The first-order valence-corrected chi connectivity index (χ1v) is 10.8. The number of nitrogens with one attached hydrogen (secondary N) is 1. The lowest BCUT2D eigenvalue weighted by molar-refractivity contribution is -0.384. The number of ether oxygens (including phenoxy) is 2. The molecule has 0 aliphatic carbocycles. The maximum Gasteiger partial charge on any atom is 0.288 e. The zero-order valence-electron chi connectivity index (χ0n) is 18.1. The van der Waals surface area contributed by atoms with Gasteiger partial charge in [0.15, 0.2) is 16.6 Å². The van der Waals surface area contributed by atoms with Crippen LogP contribution in [0.15, 0.2) is 47.7 Å². The highest BCUT2D eigenvalue weighted by Gasteiger charge is 2.36. The van der Waals surface area contributed by atoms with E-state index >= 15 is 0 Å². The standard InChI is InChI=1S/C22H21ClN4O5S/c1-12-19(21(28)25(2)3)20(13-4-6-15(23)16(10-13)27(29)30)24-22(33)26(12)14-5-7-17-18(11-14)32-9-8-31-17/h4-7,10-11,20H,8-9H2,1-3H3,(H,24,33)/t20-/m0/s1. The normalized spacial score (nSPS) is 17.5. The van der Waals surface area contributed by atoms with Crippen LogP contribution in [0.4, 0.5) is 11.4 Å². The summed E-state index contributed by atoms with van der Waals surface area (Å²) in [6.07, 6.45) is 0. The molecule has 1 atom stereocenters. The fourth-order valence-electron chi connectivity index (χ4n) is 3.84. The Balaban J connectivity index is 1.84. The summed E-state index contributed by atoms with van der Waals surface area (Å²) in [5.41, 5.74) is 1.95. The molecule has 0 unspecified atom stereocenters. The first-order valence-electron chi connectivity index (χ1n) is 10.1. The number of nitrogens with zero attached hydrogens (tertiary/aromatic N) is 3. The molecular formula is C22H21ClN4O5S. The predicted molar refractivity (Wildman–Crippen MR) is 128 cm³/mol. The molecule has 2 aromatic carbocycles. The quantitative estimate of drug-likeness (QED) is 0.394. The minimum Gasteiger partial charge on any atom is -0.486 e. The molecule has 0 bridgehead atoms. The average molecular weight is 489 g/mol.